The Morgan fingerprint density at radius 1 is 1.24 bits per heavy atom. The summed E-state index contributed by atoms with van der Waals surface area (Å²) >= 11 is 6.09. The fourth-order valence-electron chi connectivity index (χ4n) is 2.10. The Hall–Kier alpha value is -1.81. The minimum Gasteiger partial charge on any atom is -0.399 e. The Kier molecular flexibility index (Phi) is 2.37. The second kappa shape index (κ2) is 3.89. The number of nitrogen functional groups attached to an aromatic ring is 1. The molecule has 0 spiro atoms. The lowest BCUT2D eigenvalue weighted by Gasteiger charge is -2.16. The van der Waals surface area contributed by atoms with Gasteiger partial charge in [0.25, 0.3) is 0 Å². The molecule has 0 atom stereocenters. The summed E-state index contributed by atoms with van der Waals surface area (Å²) in [7, 11) is 0. The van der Waals surface area contributed by atoms with E-state index in [0.29, 0.717) is 5.02 Å². The lowest BCUT2D eigenvalue weighted by Crippen LogP contribution is -2.16. The van der Waals surface area contributed by atoms with E-state index in [-0.39, 0.29) is 0 Å². The monoisotopic (exact) mass is 246 g/mol. The number of fused-ring (bicyclic) bond motifs is 1. The van der Waals surface area contributed by atoms with Crippen LogP contribution in [0.25, 0.3) is 0 Å². The van der Waals surface area contributed by atoms with Crippen LogP contribution < -0.4 is 10.6 Å². The molecule has 2 N–H and O–H groups in total. The number of halogens is 1. The maximum Gasteiger partial charge on any atom is 0.151 e. The lowest BCUT2D eigenvalue weighted by molar-refractivity contribution is 0.851. The van der Waals surface area contributed by atoms with Crippen molar-refractivity contribution in [3.05, 3.63) is 46.9 Å². The zero-order chi connectivity index (χ0) is 11.8. The van der Waals surface area contributed by atoms with Crippen molar-refractivity contribution in [3.8, 4) is 0 Å². The van der Waals surface area contributed by atoms with Crippen LogP contribution in [-0.2, 0) is 13.1 Å². The van der Waals surface area contributed by atoms with E-state index in [1.807, 2.05) is 12.1 Å². The predicted octanol–water partition coefficient (Wildman–Crippen LogP) is 2.23. The molecule has 5 heteroatoms. The molecule has 2 heterocycles. The van der Waals surface area contributed by atoms with Crippen LogP contribution in [0, 0.1) is 0 Å². The molecule has 1 aliphatic heterocycles. The third-order valence-electron chi connectivity index (χ3n) is 2.90. The van der Waals surface area contributed by atoms with E-state index in [4.69, 9.17) is 17.3 Å². The van der Waals surface area contributed by atoms with E-state index < -0.39 is 0 Å². The lowest BCUT2D eigenvalue weighted by atomic mass is 10.1. The standard InChI is InChI=1S/C12H11ClN4/c13-11-4-15-7-16-12(11)17-5-8-1-2-10(14)3-9(8)6-17/h1-4,7H,5-6,14H2. The molecule has 1 aromatic carbocycles. The normalized spacial score (nSPS) is 13.8. The van der Waals surface area contributed by atoms with E-state index in [0.717, 1.165) is 24.6 Å². The topological polar surface area (TPSA) is 55.0 Å². The van der Waals surface area contributed by atoms with Gasteiger partial charge in [-0.2, -0.15) is 0 Å². The van der Waals surface area contributed by atoms with Crippen molar-refractivity contribution in [1.82, 2.24) is 9.97 Å². The first-order chi connectivity index (χ1) is 8.24. The Balaban J connectivity index is 1.94. The van der Waals surface area contributed by atoms with Crippen molar-refractivity contribution in [2.24, 2.45) is 0 Å². The number of hydrogen-bond donors (Lipinski definition) is 1. The highest BCUT2D eigenvalue weighted by molar-refractivity contribution is 6.32. The van der Waals surface area contributed by atoms with Crippen LogP contribution in [0.3, 0.4) is 0 Å². The van der Waals surface area contributed by atoms with Gasteiger partial charge in [-0.05, 0) is 23.3 Å². The van der Waals surface area contributed by atoms with Gasteiger partial charge in [0.05, 0.1) is 6.20 Å². The smallest absolute Gasteiger partial charge is 0.151 e. The van der Waals surface area contributed by atoms with E-state index in [9.17, 15) is 0 Å². The summed E-state index contributed by atoms with van der Waals surface area (Å²) in [6.07, 6.45) is 3.12. The summed E-state index contributed by atoms with van der Waals surface area (Å²) in [5.41, 5.74) is 9.07. The van der Waals surface area contributed by atoms with Crippen LogP contribution in [0.15, 0.2) is 30.7 Å². The molecule has 0 unspecified atom stereocenters. The van der Waals surface area contributed by atoms with Crippen LogP contribution in [-0.4, -0.2) is 9.97 Å². The maximum atomic E-state index is 6.09. The molecule has 0 fully saturated rings. The third-order valence-corrected chi connectivity index (χ3v) is 3.17. The van der Waals surface area contributed by atoms with Gasteiger partial charge in [0.15, 0.2) is 5.82 Å². The van der Waals surface area contributed by atoms with E-state index in [1.165, 1.54) is 17.5 Å². The molecule has 86 valence electrons. The van der Waals surface area contributed by atoms with Crippen LogP contribution in [0.4, 0.5) is 11.5 Å². The number of nitrogens with zero attached hydrogens (tertiary/aromatic N) is 3. The van der Waals surface area contributed by atoms with Crippen molar-refractivity contribution >= 4 is 23.1 Å². The average molecular weight is 247 g/mol. The van der Waals surface area contributed by atoms with Gasteiger partial charge >= 0.3 is 0 Å². The van der Waals surface area contributed by atoms with Crippen LogP contribution >= 0.6 is 11.6 Å². The molecule has 3 rings (SSSR count). The van der Waals surface area contributed by atoms with Crippen LogP contribution in [0.2, 0.25) is 5.02 Å². The number of hydrogen-bond acceptors (Lipinski definition) is 4. The van der Waals surface area contributed by atoms with Crippen molar-refractivity contribution in [2.75, 3.05) is 10.6 Å². The van der Waals surface area contributed by atoms with Crippen molar-refractivity contribution in [1.29, 1.82) is 0 Å². The van der Waals surface area contributed by atoms with E-state index in [2.05, 4.69) is 20.9 Å². The molecule has 2 aromatic rings. The van der Waals surface area contributed by atoms with E-state index >= 15 is 0 Å². The summed E-state index contributed by atoms with van der Waals surface area (Å²) in [5, 5.41) is 0.577. The number of rotatable bonds is 1. The van der Waals surface area contributed by atoms with Crippen LogP contribution in [0.1, 0.15) is 11.1 Å². The minimum absolute atomic E-state index is 0.577. The highest BCUT2D eigenvalue weighted by Gasteiger charge is 2.21. The molecule has 0 saturated carbocycles. The van der Waals surface area contributed by atoms with Crippen molar-refractivity contribution in [3.63, 3.8) is 0 Å². The molecule has 17 heavy (non-hydrogen) atoms. The highest BCUT2D eigenvalue weighted by atomic mass is 35.5. The summed E-state index contributed by atoms with van der Waals surface area (Å²) in [6, 6.07) is 5.98. The zero-order valence-corrected chi connectivity index (χ0v) is 9.85. The maximum absolute atomic E-state index is 6.09. The van der Waals surface area contributed by atoms with Crippen molar-refractivity contribution in [2.45, 2.75) is 13.1 Å². The molecule has 4 nitrogen and oxygen atoms in total. The quantitative estimate of drug-likeness (QED) is 0.784. The molecule has 0 saturated heterocycles. The molecule has 1 aromatic heterocycles. The average Bonchev–Trinajstić information content (AvgIpc) is 2.72. The molecule has 0 radical (unpaired) electrons. The highest BCUT2D eigenvalue weighted by Crippen LogP contribution is 2.31. The van der Waals surface area contributed by atoms with Gasteiger partial charge in [0, 0.05) is 18.8 Å². The Morgan fingerprint density at radius 3 is 2.88 bits per heavy atom. The van der Waals surface area contributed by atoms with Gasteiger partial charge in [-0.3, -0.25) is 0 Å². The largest absolute Gasteiger partial charge is 0.399 e. The van der Waals surface area contributed by atoms with Gasteiger partial charge in [-0.15, -0.1) is 0 Å². The molecule has 0 bridgehead atoms. The minimum atomic E-state index is 0.577. The van der Waals surface area contributed by atoms with Crippen LogP contribution in [0.5, 0.6) is 0 Å². The summed E-state index contributed by atoms with van der Waals surface area (Å²) in [4.78, 5) is 10.2. The first kappa shape index (κ1) is 10.4. The third kappa shape index (κ3) is 1.80. The van der Waals surface area contributed by atoms with Gasteiger partial charge in [-0.25, -0.2) is 9.97 Å². The first-order valence-corrected chi connectivity index (χ1v) is 5.69. The Labute approximate surface area is 104 Å². The first-order valence-electron chi connectivity index (χ1n) is 5.32. The second-order valence-electron chi connectivity index (χ2n) is 4.08. The second-order valence-corrected chi connectivity index (χ2v) is 4.49. The molecular weight excluding hydrogens is 236 g/mol. The Morgan fingerprint density at radius 2 is 2.06 bits per heavy atom. The van der Waals surface area contributed by atoms with Gasteiger partial charge in [0.2, 0.25) is 0 Å². The number of anilines is 2. The van der Waals surface area contributed by atoms with Gasteiger partial charge in [-0.1, -0.05) is 17.7 Å². The molecule has 0 amide bonds. The zero-order valence-electron chi connectivity index (χ0n) is 9.10. The van der Waals surface area contributed by atoms with Crippen molar-refractivity contribution < 1.29 is 0 Å². The fraction of sp³-hybridized carbons (Fsp3) is 0.167. The number of aromatic nitrogens is 2. The number of nitrogens with two attached hydrogens (primary N) is 1. The molecule has 1 aliphatic rings. The number of benzene rings is 1. The molecule has 0 aliphatic carbocycles. The van der Waals surface area contributed by atoms with E-state index in [1.54, 1.807) is 6.20 Å². The summed E-state index contributed by atoms with van der Waals surface area (Å²) in [5.74, 6) is 0.774. The Bertz CT molecular complexity index is 570. The summed E-state index contributed by atoms with van der Waals surface area (Å²) in [6.45, 7) is 1.60. The SMILES string of the molecule is Nc1ccc2c(c1)CN(c1ncncc1Cl)C2. The fourth-order valence-corrected chi connectivity index (χ4v) is 2.33. The molecular formula is C12H11ClN4. The predicted molar refractivity (Wildman–Crippen MR) is 67.8 cm³/mol. The van der Waals surface area contributed by atoms with Gasteiger partial charge < -0.3 is 10.6 Å². The summed E-state index contributed by atoms with van der Waals surface area (Å²) < 4.78 is 0. The van der Waals surface area contributed by atoms with Gasteiger partial charge in [0.1, 0.15) is 11.3 Å².